The molecule has 0 bridgehead atoms. The van der Waals surface area contributed by atoms with E-state index in [2.05, 4.69) is 50.4 Å². The molecule has 0 aliphatic rings. The quantitative estimate of drug-likeness (QED) is 0.585. The van der Waals surface area contributed by atoms with E-state index in [4.69, 9.17) is 11.6 Å². The number of aryl methyl sites for hydroxylation is 1. The number of rotatable bonds is 8. The van der Waals surface area contributed by atoms with Crippen LogP contribution >= 0.6 is 11.6 Å². The van der Waals surface area contributed by atoms with Crippen molar-refractivity contribution in [1.29, 1.82) is 0 Å². The first-order valence-corrected chi connectivity index (χ1v) is 11.3. The van der Waals surface area contributed by atoms with Crippen LogP contribution in [0.1, 0.15) is 64.7 Å². The molecule has 0 radical (unpaired) electrons. The smallest absolute Gasteiger partial charge is 0.242 e. The van der Waals surface area contributed by atoms with E-state index in [9.17, 15) is 9.59 Å². The average Bonchev–Trinajstić information content (AvgIpc) is 2.70. The highest BCUT2D eigenvalue weighted by molar-refractivity contribution is 6.30. The third-order valence-corrected chi connectivity index (χ3v) is 5.56. The van der Waals surface area contributed by atoms with Crippen LogP contribution in [0.25, 0.3) is 0 Å². The van der Waals surface area contributed by atoms with Crippen LogP contribution in [0.3, 0.4) is 0 Å². The van der Waals surface area contributed by atoms with Crippen LogP contribution in [0.5, 0.6) is 0 Å². The molecule has 31 heavy (non-hydrogen) atoms. The number of nitrogens with one attached hydrogen (secondary N) is 1. The van der Waals surface area contributed by atoms with Gasteiger partial charge in [0.05, 0.1) is 0 Å². The zero-order chi connectivity index (χ0) is 23.2. The van der Waals surface area contributed by atoms with E-state index in [1.807, 2.05) is 26.0 Å². The third-order valence-electron chi connectivity index (χ3n) is 5.31. The summed E-state index contributed by atoms with van der Waals surface area (Å²) in [7, 11) is 0. The van der Waals surface area contributed by atoms with E-state index >= 15 is 0 Å². The molecule has 2 aromatic rings. The van der Waals surface area contributed by atoms with Gasteiger partial charge in [-0.15, -0.1) is 0 Å². The second-order valence-corrected chi connectivity index (χ2v) is 9.87. The van der Waals surface area contributed by atoms with Crippen molar-refractivity contribution in [1.82, 2.24) is 10.2 Å². The van der Waals surface area contributed by atoms with E-state index in [0.29, 0.717) is 24.4 Å². The molecule has 0 aliphatic heterocycles. The van der Waals surface area contributed by atoms with Gasteiger partial charge >= 0.3 is 0 Å². The van der Waals surface area contributed by atoms with Crippen LogP contribution < -0.4 is 5.32 Å². The Bertz CT molecular complexity index is 868. The minimum atomic E-state index is -0.561. The van der Waals surface area contributed by atoms with E-state index in [0.717, 1.165) is 11.1 Å². The number of hydrogen-bond donors (Lipinski definition) is 1. The van der Waals surface area contributed by atoms with Crippen molar-refractivity contribution in [3.05, 3.63) is 70.2 Å². The molecular weight excluding hydrogens is 408 g/mol. The fraction of sp³-hybridized carbons (Fsp3) is 0.462. The summed E-state index contributed by atoms with van der Waals surface area (Å²) in [5.41, 5.74) is 3.43. The van der Waals surface area contributed by atoms with Crippen LogP contribution in [-0.4, -0.2) is 28.8 Å². The molecule has 0 spiro atoms. The molecule has 168 valence electrons. The molecule has 1 atom stereocenters. The number of nitrogens with zero attached hydrogens (tertiary/aromatic N) is 1. The first kappa shape index (κ1) is 24.9. The maximum atomic E-state index is 13.2. The van der Waals surface area contributed by atoms with Crippen molar-refractivity contribution in [3.8, 4) is 0 Å². The van der Waals surface area contributed by atoms with E-state index in [1.165, 1.54) is 5.56 Å². The van der Waals surface area contributed by atoms with Crippen LogP contribution in [-0.2, 0) is 28.0 Å². The van der Waals surface area contributed by atoms with Crippen molar-refractivity contribution in [3.63, 3.8) is 0 Å². The topological polar surface area (TPSA) is 49.4 Å². The van der Waals surface area contributed by atoms with Gasteiger partial charge in [-0.3, -0.25) is 9.59 Å². The summed E-state index contributed by atoms with van der Waals surface area (Å²) in [5, 5.41) is 3.56. The molecule has 2 rings (SSSR count). The summed E-state index contributed by atoms with van der Waals surface area (Å²) in [5.74, 6) is -0.187. The molecule has 0 heterocycles. The van der Waals surface area contributed by atoms with Gasteiger partial charge < -0.3 is 10.2 Å². The lowest BCUT2D eigenvalue weighted by atomic mass is 9.86. The lowest BCUT2D eigenvalue weighted by Crippen LogP contribution is -2.49. The summed E-state index contributed by atoms with van der Waals surface area (Å²) in [6.07, 6.45) is 0.987. The predicted molar refractivity (Wildman–Crippen MR) is 128 cm³/mol. The second-order valence-electron chi connectivity index (χ2n) is 9.43. The van der Waals surface area contributed by atoms with Gasteiger partial charge in [-0.05, 0) is 61.4 Å². The van der Waals surface area contributed by atoms with Gasteiger partial charge in [-0.25, -0.2) is 0 Å². The second kappa shape index (κ2) is 10.8. The number of hydrogen-bond acceptors (Lipinski definition) is 2. The highest BCUT2D eigenvalue weighted by Crippen LogP contribution is 2.23. The number of halogens is 1. The fourth-order valence-electron chi connectivity index (χ4n) is 3.34. The minimum absolute atomic E-state index is 0.0174. The third kappa shape index (κ3) is 7.70. The molecule has 0 unspecified atom stereocenters. The van der Waals surface area contributed by atoms with Crippen molar-refractivity contribution in [2.45, 2.75) is 78.4 Å². The Balaban J connectivity index is 2.12. The zero-order valence-electron chi connectivity index (χ0n) is 19.5. The van der Waals surface area contributed by atoms with E-state index < -0.39 is 6.04 Å². The molecule has 0 saturated carbocycles. The average molecular weight is 443 g/mol. The van der Waals surface area contributed by atoms with Gasteiger partial charge in [0.25, 0.3) is 0 Å². The highest BCUT2D eigenvalue weighted by atomic mass is 35.5. The maximum Gasteiger partial charge on any atom is 0.242 e. The normalized spacial score (nSPS) is 12.5. The molecule has 0 aromatic heterocycles. The summed E-state index contributed by atoms with van der Waals surface area (Å²) in [6.45, 7) is 12.5. The van der Waals surface area contributed by atoms with Crippen LogP contribution in [0.15, 0.2) is 48.5 Å². The number of amides is 2. The zero-order valence-corrected chi connectivity index (χ0v) is 20.3. The van der Waals surface area contributed by atoms with Crippen LogP contribution in [0.2, 0.25) is 5.02 Å². The molecule has 5 heteroatoms. The molecule has 0 fully saturated rings. The first-order chi connectivity index (χ1) is 14.5. The van der Waals surface area contributed by atoms with Crippen LogP contribution in [0.4, 0.5) is 0 Å². The number of benzene rings is 2. The number of carbonyl (C=O) groups is 2. The molecule has 1 N–H and O–H groups in total. The fourth-order valence-corrected chi connectivity index (χ4v) is 3.47. The standard InChI is InChI=1S/C26H35ClN2O2/c1-18(2)28-25(31)19(3)29(17-21-9-14-23(27)15-10-21)24(30)16-11-20-7-12-22(13-8-20)26(4,5)6/h7-10,12-15,18-19H,11,16-17H2,1-6H3,(H,28,31)/t19-/m0/s1. The SMILES string of the molecule is CC(C)NC(=O)[C@H](C)N(Cc1ccc(Cl)cc1)C(=O)CCc1ccc(C(C)(C)C)cc1. The Morgan fingerprint density at radius 3 is 2.00 bits per heavy atom. The molecule has 2 amide bonds. The summed E-state index contributed by atoms with van der Waals surface area (Å²) >= 11 is 5.99. The Morgan fingerprint density at radius 2 is 1.48 bits per heavy atom. The molecule has 2 aromatic carbocycles. The Kier molecular flexibility index (Phi) is 8.69. The lowest BCUT2D eigenvalue weighted by molar-refractivity contribution is -0.140. The predicted octanol–water partition coefficient (Wildman–Crippen LogP) is 5.51. The van der Waals surface area contributed by atoms with Crippen molar-refractivity contribution in [2.24, 2.45) is 0 Å². The summed E-state index contributed by atoms with van der Waals surface area (Å²) < 4.78 is 0. The molecule has 0 aliphatic carbocycles. The van der Waals surface area contributed by atoms with Crippen molar-refractivity contribution >= 4 is 23.4 Å². The Labute approximate surface area is 192 Å². The van der Waals surface area contributed by atoms with Crippen molar-refractivity contribution < 1.29 is 9.59 Å². The largest absolute Gasteiger partial charge is 0.352 e. The van der Waals surface area contributed by atoms with Crippen LogP contribution in [0, 0.1) is 0 Å². The lowest BCUT2D eigenvalue weighted by Gasteiger charge is -2.29. The van der Waals surface area contributed by atoms with Crippen molar-refractivity contribution in [2.75, 3.05) is 0 Å². The summed E-state index contributed by atoms with van der Waals surface area (Å²) in [6, 6.07) is 15.3. The van der Waals surface area contributed by atoms with E-state index in [1.54, 1.807) is 24.0 Å². The van der Waals surface area contributed by atoms with Gasteiger partial charge in [-0.2, -0.15) is 0 Å². The Morgan fingerprint density at radius 1 is 0.935 bits per heavy atom. The summed E-state index contributed by atoms with van der Waals surface area (Å²) in [4.78, 5) is 27.4. The monoisotopic (exact) mass is 442 g/mol. The molecule has 0 saturated heterocycles. The molecule has 4 nitrogen and oxygen atoms in total. The van der Waals surface area contributed by atoms with Gasteiger partial charge in [0.15, 0.2) is 0 Å². The minimum Gasteiger partial charge on any atom is -0.352 e. The van der Waals surface area contributed by atoms with E-state index in [-0.39, 0.29) is 23.3 Å². The van der Waals surface area contributed by atoms with Gasteiger partial charge in [-0.1, -0.05) is 68.8 Å². The number of carbonyl (C=O) groups excluding carboxylic acids is 2. The first-order valence-electron chi connectivity index (χ1n) is 10.9. The van der Waals surface area contributed by atoms with Gasteiger partial charge in [0.2, 0.25) is 11.8 Å². The Hall–Kier alpha value is -2.33. The maximum absolute atomic E-state index is 13.2. The molecular formula is C26H35ClN2O2. The highest BCUT2D eigenvalue weighted by Gasteiger charge is 2.26. The van der Waals surface area contributed by atoms with Gasteiger partial charge in [0.1, 0.15) is 6.04 Å². The van der Waals surface area contributed by atoms with Gasteiger partial charge in [0, 0.05) is 24.0 Å².